The first-order chi connectivity index (χ1) is 6.77. The number of benzene rings is 1. The molecule has 0 bridgehead atoms. The van der Waals surface area contributed by atoms with Gasteiger partial charge in [0.1, 0.15) is 0 Å². The lowest BCUT2D eigenvalue weighted by atomic mass is 10.1. The summed E-state index contributed by atoms with van der Waals surface area (Å²) < 4.78 is 1.31. The molecule has 2 rings (SSSR count). The van der Waals surface area contributed by atoms with Crippen molar-refractivity contribution >= 4 is 15.9 Å². The Morgan fingerprint density at radius 2 is 1.71 bits per heavy atom. The minimum atomic E-state index is 0.527. The zero-order chi connectivity index (χ0) is 9.97. The average Bonchev–Trinajstić information content (AvgIpc) is 2.23. The largest absolute Gasteiger partial charge is 0.618 e. The normalized spacial score (nSPS) is 10.1. The maximum Gasteiger partial charge on any atom is 0.259 e. The summed E-state index contributed by atoms with van der Waals surface area (Å²) in [5.41, 5.74) is 2.14. The number of rotatable bonds is 1. The third kappa shape index (κ3) is 1.77. The van der Waals surface area contributed by atoms with Crippen LogP contribution in [0.3, 0.4) is 0 Å². The summed E-state index contributed by atoms with van der Waals surface area (Å²) in [6.45, 7) is 0. The Morgan fingerprint density at radius 3 is 2.36 bits per heavy atom. The van der Waals surface area contributed by atoms with Gasteiger partial charge < -0.3 is 5.21 Å². The molecule has 0 amide bonds. The molecule has 1 heterocycles. The molecule has 0 saturated heterocycles. The third-order valence-corrected chi connectivity index (χ3v) is 2.56. The van der Waals surface area contributed by atoms with Crippen LogP contribution in [0.25, 0.3) is 11.1 Å². The van der Waals surface area contributed by atoms with Gasteiger partial charge >= 0.3 is 0 Å². The van der Waals surface area contributed by atoms with Crippen LogP contribution in [0.5, 0.6) is 0 Å². The highest BCUT2D eigenvalue weighted by molar-refractivity contribution is 9.10. The van der Waals surface area contributed by atoms with Crippen molar-refractivity contribution < 1.29 is 4.73 Å². The molecule has 1 aromatic heterocycles. The van der Waals surface area contributed by atoms with Crippen molar-refractivity contribution in [3.05, 3.63) is 58.5 Å². The lowest BCUT2D eigenvalue weighted by molar-refractivity contribution is -0.617. The quantitative estimate of drug-likeness (QED) is 0.434. The van der Waals surface area contributed by atoms with Crippen molar-refractivity contribution in [3.8, 4) is 11.1 Å². The maximum atomic E-state index is 11.1. The van der Waals surface area contributed by atoms with Gasteiger partial charge in [-0.3, -0.25) is 0 Å². The minimum Gasteiger partial charge on any atom is -0.618 e. The van der Waals surface area contributed by atoms with E-state index >= 15 is 0 Å². The van der Waals surface area contributed by atoms with Crippen molar-refractivity contribution in [3.63, 3.8) is 0 Å². The molecular formula is C11H8BrNO. The van der Waals surface area contributed by atoms with Gasteiger partial charge in [-0.05, 0) is 11.1 Å². The van der Waals surface area contributed by atoms with Crippen molar-refractivity contribution in [2.24, 2.45) is 0 Å². The molecule has 2 nitrogen and oxygen atoms in total. The van der Waals surface area contributed by atoms with E-state index in [9.17, 15) is 5.21 Å². The highest BCUT2D eigenvalue weighted by Gasteiger charge is 2.03. The van der Waals surface area contributed by atoms with E-state index in [1.807, 2.05) is 36.4 Å². The summed E-state index contributed by atoms with van der Waals surface area (Å²) in [5.74, 6) is 0. The Morgan fingerprint density at radius 1 is 1.00 bits per heavy atom. The van der Waals surface area contributed by atoms with Gasteiger partial charge in [0.15, 0.2) is 6.20 Å². The number of hydrogen-bond acceptors (Lipinski definition) is 1. The van der Waals surface area contributed by atoms with Crippen molar-refractivity contribution in [2.75, 3.05) is 0 Å². The number of aromatic nitrogens is 1. The molecule has 0 N–H and O–H groups in total. The summed E-state index contributed by atoms with van der Waals surface area (Å²) in [6, 6.07) is 13.5. The Labute approximate surface area is 90.5 Å². The van der Waals surface area contributed by atoms with E-state index in [1.165, 1.54) is 6.20 Å². The molecule has 0 saturated carbocycles. The predicted molar refractivity (Wildman–Crippen MR) is 58.5 cm³/mol. The van der Waals surface area contributed by atoms with Crippen LogP contribution in [0.1, 0.15) is 0 Å². The standard InChI is InChI=1S/C11H8BrNO/c12-11-8-10(6-7-13(11)14)9-4-2-1-3-5-9/h1-8H. The van der Waals surface area contributed by atoms with Crippen LogP contribution in [0.2, 0.25) is 0 Å². The third-order valence-electron chi connectivity index (χ3n) is 1.98. The van der Waals surface area contributed by atoms with E-state index in [2.05, 4.69) is 15.9 Å². The number of halogens is 1. The number of nitrogens with zero attached hydrogens (tertiary/aromatic N) is 1. The van der Waals surface area contributed by atoms with Crippen LogP contribution < -0.4 is 4.73 Å². The van der Waals surface area contributed by atoms with Crippen LogP contribution in [0.15, 0.2) is 53.3 Å². The summed E-state index contributed by atoms with van der Waals surface area (Å²) in [5, 5.41) is 11.1. The first-order valence-corrected chi connectivity index (χ1v) is 5.01. The summed E-state index contributed by atoms with van der Waals surface area (Å²) in [4.78, 5) is 0. The fourth-order valence-electron chi connectivity index (χ4n) is 1.27. The zero-order valence-electron chi connectivity index (χ0n) is 7.35. The Kier molecular flexibility index (Phi) is 2.50. The average molecular weight is 250 g/mol. The zero-order valence-corrected chi connectivity index (χ0v) is 8.94. The number of pyridine rings is 1. The van der Waals surface area contributed by atoms with Crippen LogP contribution in [-0.2, 0) is 0 Å². The lowest BCUT2D eigenvalue weighted by Crippen LogP contribution is -2.26. The van der Waals surface area contributed by atoms with E-state index in [0.29, 0.717) is 4.60 Å². The van der Waals surface area contributed by atoms with Gasteiger partial charge in [0, 0.05) is 28.1 Å². The van der Waals surface area contributed by atoms with Gasteiger partial charge in [-0.1, -0.05) is 30.3 Å². The van der Waals surface area contributed by atoms with Crippen molar-refractivity contribution in [1.82, 2.24) is 0 Å². The lowest BCUT2D eigenvalue weighted by Gasteiger charge is -2.02. The second-order valence-electron chi connectivity index (χ2n) is 2.93. The van der Waals surface area contributed by atoms with E-state index in [1.54, 1.807) is 6.07 Å². The second-order valence-corrected chi connectivity index (χ2v) is 3.74. The van der Waals surface area contributed by atoms with Gasteiger partial charge in [-0.15, -0.1) is 0 Å². The Balaban J connectivity index is 2.48. The predicted octanol–water partition coefficient (Wildman–Crippen LogP) is 2.75. The molecule has 0 fully saturated rings. The van der Waals surface area contributed by atoms with E-state index in [0.717, 1.165) is 15.9 Å². The Bertz CT molecular complexity index is 442. The van der Waals surface area contributed by atoms with E-state index in [4.69, 9.17) is 0 Å². The van der Waals surface area contributed by atoms with Crippen molar-refractivity contribution in [2.45, 2.75) is 0 Å². The molecule has 1 aromatic carbocycles. The molecule has 0 radical (unpaired) electrons. The van der Waals surface area contributed by atoms with Gasteiger partial charge in [0.25, 0.3) is 4.60 Å². The summed E-state index contributed by atoms with van der Waals surface area (Å²) in [7, 11) is 0. The van der Waals surface area contributed by atoms with E-state index in [-0.39, 0.29) is 0 Å². The van der Waals surface area contributed by atoms with Crippen LogP contribution in [0.4, 0.5) is 0 Å². The van der Waals surface area contributed by atoms with Crippen molar-refractivity contribution in [1.29, 1.82) is 0 Å². The summed E-state index contributed by atoms with van der Waals surface area (Å²) >= 11 is 3.19. The molecule has 14 heavy (non-hydrogen) atoms. The molecule has 70 valence electrons. The first kappa shape index (κ1) is 9.21. The molecule has 0 aliphatic rings. The molecular weight excluding hydrogens is 242 g/mol. The van der Waals surface area contributed by atoms with Gasteiger partial charge in [0.05, 0.1) is 0 Å². The highest BCUT2D eigenvalue weighted by atomic mass is 79.9. The molecule has 0 spiro atoms. The topological polar surface area (TPSA) is 26.9 Å². The monoisotopic (exact) mass is 249 g/mol. The van der Waals surface area contributed by atoms with Crippen LogP contribution in [-0.4, -0.2) is 0 Å². The molecule has 0 aliphatic carbocycles. The minimum absolute atomic E-state index is 0.527. The number of hydrogen-bond donors (Lipinski definition) is 0. The molecule has 3 heteroatoms. The fourth-order valence-corrected chi connectivity index (χ4v) is 1.63. The molecule has 0 atom stereocenters. The van der Waals surface area contributed by atoms with Crippen LogP contribution in [0, 0.1) is 5.21 Å². The van der Waals surface area contributed by atoms with Gasteiger partial charge in [0.2, 0.25) is 0 Å². The first-order valence-electron chi connectivity index (χ1n) is 4.21. The highest BCUT2D eigenvalue weighted by Crippen LogP contribution is 2.19. The maximum absolute atomic E-state index is 11.1. The summed E-state index contributed by atoms with van der Waals surface area (Å²) in [6.07, 6.45) is 1.49. The molecule has 0 aliphatic heterocycles. The van der Waals surface area contributed by atoms with Gasteiger partial charge in [-0.25, -0.2) is 0 Å². The second kappa shape index (κ2) is 3.80. The Hall–Kier alpha value is -1.35. The smallest absolute Gasteiger partial charge is 0.259 e. The SMILES string of the molecule is [O-][n+]1ccc(-c2ccccc2)cc1Br. The van der Waals surface area contributed by atoms with E-state index < -0.39 is 0 Å². The molecule has 0 unspecified atom stereocenters. The molecule has 2 aromatic rings. The van der Waals surface area contributed by atoms with Gasteiger partial charge in [-0.2, -0.15) is 4.73 Å². The van der Waals surface area contributed by atoms with Crippen LogP contribution >= 0.6 is 15.9 Å². The fraction of sp³-hybridized carbons (Fsp3) is 0.